The van der Waals surface area contributed by atoms with E-state index in [1.54, 1.807) is 26.8 Å². The molecule has 104 valence electrons. The van der Waals surface area contributed by atoms with Gasteiger partial charge in [-0.25, -0.2) is 4.79 Å². The normalized spacial score (nSPS) is 17.8. The highest BCUT2D eigenvalue weighted by atomic mass is 16.6. The topological polar surface area (TPSA) is 76.0 Å². The summed E-state index contributed by atoms with van der Waals surface area (Å²) in [6.45, 7) is 5.19. The summed E-state index contributed by atoms with van der Waals surface area (Å²) in [4.78, 5) is 11.9. The summed E-state index contributed by atoms with van der Waals surface area (Å²) in [5.74, 6) is -0.0872. The largest absolute Gasteiger partial charge is 0.508 e. The summed E-state index contributed by atoms with van der Waals surface area (Å²) in [6, 6.07) is 2.91. The Morgan fingerprint density at radius 3 is 2.74 bits per heavy atom. The van der Waals surface area contributed by atoms with Crippen LogP contribution in [0, 0.1) is 0 Å². The van der Waals surface area contributed by atoms with Crippen LogP contribution in [0.4, 0.5) is 0 Å². The predicted octanol–water partition coefficient (Wildman–Crippen LogP) is 1.64. The first-order valence-corrected chi connectivity index (χ1v) is 6.17. The first-order chi connectivity index (χ1) is 8.80. The van der Waals surface area contributed by atoms with Gasteiger partial charge in [0.05, 0.1) is 12.2 Å². The average molecular weight is 266 g/mol. The van der Waals surface area contributed by atoms with Crippen molar-refractivity contribution in [2.45, 2.75) is 38.9 Å². The zero-order chi connectivity index (χ0) is 14.2. The van der Waals surface area contributed by atoms with Gasteiger partial charge < -0.3 is 19.7 Å². The standard InChI is InChI=1S/C14H18O5/c1-14(2,3)19-13(17)8-4-11(16)10-6-9(7-15)18-12(10)5-8/h4-5,9,15-16H,6-7H2,1-3H3/t9-/m0/s1. The average Bonchev–Trinajstić information content (AvgIpc) is 2.70. The van der Waals surface area contributed by atoms with E-state index in [2.05, 4.69) is 0 Å². The summed E-state index contributed by atoms with van der Waals surface area (Å²) in [5.41, 5.74) is 0.261. The number of aliphatic hydroxyl groups is 1. The summed E-state index contributed by atoms with van der Waals surface area (Å²) in [5, 5.41) is 19.0. The number of phenolic OH excluding ortho intramolecular Hbond substituents is 1. The van der Waals surface area contributed by atoms with Crippen molar-refractivity contribution in [1.29, 1.82) is 0 Å². The van der Waals surface area contributed by atoms with E-state index < -0.39 is 11.6 Å². The lowest BCUT2D eigenvalue weighted by Gasteiger charge is -2.19. The van der Waals surface area contributed by atoms with Crippen LogP contribution >= 0.6 is 0 Å². The number of aliphatic hydroxyl groups excluding tert-OH is 1. The van der Waals surface area contributed by atoms with Gasteiger partial charge in [-0.05, 0) is 32.9 Å². The minimum absolute atomic E-state index is 0.00527. The molecule has 5 heteroatoms. The van der Waals surface area contributed by atoms with Crippen LogP contribution < -0.4 is 4.74 Å². The molecule has 5 nitrogen and oxygen atoms in total. The van der Waals surface area contributed by atoms with Gasteiger partial charge >= 0.3 is 5.97 Å². The molecule has 0 radical (unpaired) electrons. The van der Waals surface area contributed by atoms with E-state index in [4.69, 9.17) is 14.6 Å². The van der Waals surface area contributed by atoms with Crippen LogP contribution in [0.5, 0.6) is 11.5 Å². The van der Waals surface area contributed by atoms with E-state index in [1.165, 1.54) is 6.07 Å². The maximum absolute atomic E-state index is 11.9. The highest BCUT2D eigenvalue weighted by Crippen LogP contribution is 2.37. The fourth-order valence-corrected chi connectivity index (χ4v) is 1.95. The predicted molar refractivity (Wildman–Crippen MR) is 68.5 cm³/mol. The Morgan fingerprint density at radius 1 is 1.47 bits per heavy atom. The number of carbonyl (C=O) groups excluding carboxylic acids is 1. The second-order valence-electron chi connectivity index (χ2n) is 5.60. The van der Waals surface area contributed by atoms with Gasteiger partial charge in [-0.3, -0.25) is 0 Å². The Labute approximate surface area is 111 Å². The molecule has 0 aliphatic carbocycles. The summed E-state index contributed by atoms with van der Waals surface area (Å²) >= 11 is 0. The van der Waals surface area contributed by atoms with Gasteiger partial charge in [0.15, 0.2) is 0 Å². The molecule has 0 bridgehead atoms. The Balaban J connectivity index is 2.27. The molecule has 0 fully saturated rings. The molecule has 1 aromatic rings. The van der Waals surface area contributed by atoms with E-state index in [-0.39, 0.29) is 24.0 Å². The van der Waals surface area contributed by atoms with Crippen LogP contribution in [0.2, 0.25) is 0 Å². The maximum Gasteiger partial charge on any atom is 0.338 e. The maximum atomic E-state index is 11.9. The molecular formula is C14H18O5. The number of carbonyl (C=O) groups is 1. The lowest BCUT2D eigenvalue weighted by atomic mass is 10.1. The van der Waals surface area contributed by atoms with Crippen molar-refractivity contribution in [3.05, 3.63) is 23.3 Å². The van der Waals surface area contributed by atoms with Gasteiger partial charge in [0.1, 0.15) is 23.2 Å². The lowest BCUT2D eigenvalue weighted by Crippen LogP contribution is -2.23. The van der Waals surface area contributed by atoms with Crippen molar-refractivity contribution in [2.75, 3.05) is 6.61 Å². The number of hydrogen-bond acceptors (Lipinski definition) is 5. The number of esters is 1. The smallest absolute Gasteiger partial charge is 0.338 e. The van der Waals surface area contributed by atoms with Gasteiger partial charge in [-0.1, -0.05) is 0 Å². The van der Waals surface area contributed by atoms with Crippen LogP contribution in [0.25, 0.3) is 0 Å². The van der Waals surface area contributed by atoms with Crippen LogP contribution in [-0.2, 0) is 11.2 Å². The zero-order valence-corrected chi connectivity index (χ0v) is 11.3. The molecule has 1 heterocycles. The number of ether oxygens (including phenoxy) is 2. The van der Waals surface area contributed by atoms with Gasteiger partial charge in [-0.15, -0.1) is 0 Å². The molecule has 0 aromatic heterocycles. The Bertz CT molecular complexity index is 501. The van der Waals surface area contributed by atoms with Crippen molar-refractivity contribution in [2.24, 2.45) is 0 Å². The van der Waals surface area contributed by atoms with Crippen LogP contribution in [0.3, 0.4) is 0 Å². The van der Waals surface area contributed by atoms with Crippen molar-refractivity contribution in [3.8, 4) is 11.5 Å². The molecule has 0 saturated heterocycles. The lowest BCUT2D eigenvalue weighted by molar-refractivity contribution is 0.00686. The van der Waals surface area contributed by atoms with Gasteiger partial charge in [0, 0.05) is 12.0 Å². The SMILES string of the molecule is CC(C)(C)OC(=O)c1cc(O)c2c(c1)O[C@H](CO)C2. The van der Waals surface area contributed by atoms with Crippen LogP contribution in [0.15, 0.2) is 12.1 Å². The molecule has 1 atom stereocenters. The Kier molecular flexibility index (Phi) is 3.41. The number of benzene rings is 1. The van der Waals surface area contributed by atoms with Crippen molar-refractivity contribution >= 4 is 5.97 Å². The monoisotopic (exact) mass is 266 g/mol. The van der Waals surface area contributed by atoms with Gasteiger partial charge in [0.25, 0.3) is 0 Å². The molecule has 0 spiro atoms. The third-order valence-corrected chi connectivity index (χ3v) is 2.75. The fourth-order valence-electron chi connectivity index (χ4n) is 1.95. The first kappa shape index (κ1) is 13.7. The second-order valence-corrected chi connectivity index (χ2v) is 5.60. The third-order valence-electron chi connectivity index (χ3n) is 2.75. The number of phenols is 1. The summed E-state index contributed by atoms with van der Waals surface area (Å²) in [7, 11) is 0. The zero-order valence-electron chi connectivity index (χ0n) is 11.3. The molecular weight excluding hydrogens is 248 g/mol. The second kappa shape index (κ2) is 4.74. The van der Waals surface area contributed by atoms with Crippen molar-refractivity contribution < 1.29 is 24.5 Å². The van der Waals surface area contributed by atoms with E-state index in [1.807, 2.05) is 0 Å². The molecule has 1 aliphatic rings. The fraction of sp³-hybridized carbons (Fsp3) is 0.500. The summed E-state index contributed by atoms with van der Waals surface area (Å²) < 4.78 is 10.7. The molecule has 19 heavy (non-hydrogen) atoms. The highest BCUT2D eigenvalue weighted by molar-refractivity contribution is 5.91. The quantitative estimate of drug-likeness (QED) is 0.796. The van der Waals surface area contributed by atoms with E-state index in [0.717, 1.165) is 0 Å². The number of rotatable bonds is 2. The van der Waals surface area contributed by atoms with Crippen LogP contribution in [0.1, 0.15) is 36.7 Å². The number of aromatic hydroxyl groups is 1. The van der Waals surface area contributed by atoms with Crippen molar-refractivity contribution in [1.82, 2.24) is 0 Å². The molecule has 1 aromatic carbocycles. The minimum atomic E-state index is -0.597. The number of hydrogen-bond donors (Lipinski definition) is 2. The molecule has 2 N–H and O–H groups in total. The third kappa shape index (κ3) is 2.98. The van der Waals surface area contributed by atoms with Gasteiger partial charge in [-0.2, -0.15) is 0 Å². The minimum Gasteiger partial charge on any atom is -0.508 e. The molecule has 0 amide bonds. The van der Waals surface area contributed by atoms with Crippen molar-refractivity contribution in [3.63, 3.8) is 0 Å². The molecule has 0 unspecified atom stereocenters. The molecule has 0 saturated carbocycles. The first-order valence-electron chi connectivity index (χ1n) is 6.17. The van der Waals surface area contributed by atoms with Gasteiger partial charge in [0.2, 0.25) is 0 Å². The molecule has 1 aliphatic heterocycles. The Morgan fingerprint density at radius 2 is 2.16 bits per heavy atom. The van der Waals surface area contributed by atoms with E-state index in [9.17, 15) is 9.90 Å². The van der Waals surface area contributed by atoms with E-state index >= 15 is 0 Å². The Hall–Kier alpha value is -1.75. The summed E-state index contributed by atoms with van der Waals surface area (Å²) in [6.07, 6.45) is 0.0708. The highest BCUT2D eigenvalue weighted by Gasteiger charge is 2.28. The van der Waals surface area contributed by atoms with E-state index in [0.29, 0.717) is 17.7 Å². The van der Waals surface area contributed by atoms with Crippen LogP contribution in [-0.4, -0.2) is 34.5 Å². The number of fused-ring (bicyclic) bond motifs is 1. The molecule has 2 rings (SSSR count).